The van der Waals surface area contributed by atoms with Gasteiger partial charge in [0.25, 0.3) is 0 Å². The molecule has 3 aliphatic rings. The first-order valence-electron chi connectivity index (χ1n) is 7.94. The van der Waals surface area contributed by atoms with Crippen LogP contribution >= 0.6 is 0 Å². The van der Waals surface area contributed by atoms with E-state index in [4.69, 9.17) is 0 Å². The molecule has 1 aromatic rings. The molecule has 1 saturated heterocycles. The lowest BCUT2D eigenvalue weighted by Crippen LogP contribution is -2.28. The maximum absolute atomic E-state index is 3.58. The van der Waals surface area contributed by atoms with Crippen LogP contribution in [0, 0.1) is 11.8 Å². The van der Waals surface area contributed by atoms with Gasteiger partial charge in [-0.05, 0) is 48.8 Å². The van der Waals surface area contributed by atoms with Crippen LogP contribution in [0.5, 0.6) is 0 Å². The summed E-state index contributed by atoms with van der Waals surface area (Å²) in [6.07, 6.45) is 5.71. The van der Waals surface area contributed by atoms with Crippen LogP contribution in [0.4, 0.5) is 0 Å². The summed E-state index contributed by atoms with van der Waals surface area (Å²) in [5, 5.41) is 3.58. The Hall–Kier alpha value is -0.860. The van der Waals surface area contributed by atoms with E-state index >= 15 is 0 Å². The van der Waals surface area contributed by atoms with E-state index in [2.05, 4.69) is 34.5 Å². The van der Waals surface area contributed by atoms with Gasteiger partial charge in [0.1, 0.15) is 0 Å². The lowest BCUT2D eigenvalue weighted by atomic mass is 9.98. The van der Waals surface area contributed by atoms with Crippen LogP contribution in [0.1, 0.15) is 42.9 Å². The molecule has 1 aromatic carbocycles. The van der Waals surface area contributed by atoms with Crippen LogP contribution in [0.3, 0.4) is 0 Å². The highest BCUT2D eigenvalue weighted by atomic mass is 15.2. The van der Waals surface area contributed by atoms with Crippen molar-refractivity contribution in [3.63, 3.8) is 0 Å². The van der Waals surface area contributed by atoms with Crippen LogP contribution in [0.25, 0.3) is 0 Å². The molecule has 2 fully saturated rings. The summed E-state index contributed by atoms with van der Waals surface area (Å²) in [6.45, 7) is 4.91. The maximum Gasteiger partial charge on any atom is 0.0363 e. The number of rotatable bonds is 1. The largest absolute Gasteiger partial charge is 0.313 e. The summed E-state index contributed by atoms with van der Waals surface area (Å²) in [4.78, 5) is 2.79. The van der Waals surface area contributed by atoms with E-state index in [-0.39, 0.29) is 0 Å². The van der Waals surface area contributed by atoms with Gasteiger partial charge in [-0.1, -0.05) is 30.7 Å². The van der Waals surface area contributed by atoms with Gasteiger partial charge in [0.05, 0.1) is 0 Å². The van der Waals surface area contributed by atoms with Crippen molar-refractivity contribution in [2.24, 2.45) is 11.8 Å². The lowest BCUT2D eigenvalue weighted by Gasteiger charge is -2.29. The molecule has 19 heavy (non-hydrogen) atoms. The van der Waals surface area contributed by atoms with Crippen LogP contribution in [-0.4, -0.2) is 24.5 Å². The first-order chi connectivity index (χ1) is 9.42. The molecule has 102 valence electrons. The zero-order chi connectivity index (χ0) is 12.7. The van der Waals surface area contributed by atoms with Crippen LogP contribution in [0.2, 0.25) is 0 Å². The third-order valence-electron chi connectivity index (χ3n) is 5.52. The fourth-order valence-electron chi connectivity index (χ4n) is 4.54. The Morgan fingerprint density at radius 1 is 1.00 bits per heavy atom. The Balaban J connectivity index is 1.61. The SMILES string of the molecule is c1ccc2c(c1)CNCCC2N1CC2CCCC2C1. The van der Waals surface area contributed by atoms with Crippen LogP contribution in [-0.2, 0) is 6.54 Å². The lowest BCUT2D eigenvalue weighted by molar-refractivity contribution is 0.217. The molecule has 3 atom stereocenters. The zero-order valence-corrected chi connectivity index (χ0v) is 11.6. The number of hydrogen-bond donors (Lipinski definition) is 1. The molecule has 0 bridgehead atoms. The fraction of sp³-hybridized carbons (Fsp3) is 0.647. The van der Waals surface area contributed by atoms with Crippen molar-refractivity contribution in [1.82, 2.24) is 10.2 Å². The monoisotopic (exact) mass is 256 g/mol. The fourth-order valence-corrected chi connectivity index (χ4v) is 4.54. The topological polar surface area (TPSA) is 15.3 Å². The quantitative estimate of drug-likeness (QED) is 0.831. The average molecular weight is 256 g/mol. The number of nitrogens with zero attached hydrogens (tertiary/aromatic N) is 1. The predicted octanol–water partition coefficient (Wildman–Crippen LogP) is 2.95. The summed E-state index contributed by atoms with van der Waals surface area (Å²) in [7, 11) is 0. The summed E-state index contributed by atoms with van der Waals surface area (Å²) in [5.74, 6) is 2.01. The van der Waals surface area contributed by atoms with Crippen molar-refractivity contribution in [2.75, 3.05) is 19.6 Å². The molecular weight excluding hydrogens is 232 g/mol. The second kappa shape index (κ2) is 4.92. The summed E-state index contributed by atoms with van der Waals surface area (Å²) in [5.41, 5.74) is 3.11. The molecule has 0 radical (unpaired) electrons. The average Bonchev–Trinajstić information content (AvgIpc) is 2.94. The minimum absolute atomic E-state index is 0.664. The number of benzene rings is 1. The zero-order valence-electron chi connectivity index (χ0n) is 11.6. The number of hydrogen-bond acceptors (Lipinski definition) is 2. The van der Waals surface area contributed by atoms with E-state index in [9.17, 15) is 0 Å². The van der Waals surface area contributed by atoms with Gasteiger partial charge in [0.2, 0.25) is 0 Å². The number of nitrogens with one attached hydrogen (secondary N) is 1. The van der Waals surface area contributed by atoms with Gasteiger partial charge in [-0.2, -0.15) is 0 Å². The van der Waals surface area contributed by atoms with Gasteiger partial charge in [-0.15, -0.1) is 0 Å². The van der Waals surface area contributed by atoms with E-state index in [0.29, 0.717) is 6.04 Å². The predicted molar refractivity (Wildman–Crippen MR) is 77.9 cm³/mol. The van der Waals surface area contributed by atoms with Gasteiger partial charge >= 0.3 is 0 Å². The summed E-state index contributed by atoms with van der Waals surface area (Å²) >= 11 is 0. The Morgan fingerprint density at radius 2 is 1.79 bits per heavy atom. The molecule has 1 saturated carbocycles. The van der Waals surface area contributed by atoms with Crippen LogP contribution < -0.4 is 5.32 Å². The Labute approximate surface area is 116 Å². The van der Waals surface area contributed by atoms with Crippen molar-refractivity contribution < 1.29 is 0 Å². The Bertz CT molecular complexity index is 444. The Kier molecular flexibility index (Phi) is 3.08. The van der Waals surface area contributed by atoms with Crippen LogP contribution in [0.15, 0.2) is 24.3 Å². The standard InChI is InChI=1S/C17H24N2/c1-2-7-16-13(4-1)10-18-9-8-17(16)19-11-14-5-3-6-15(14)12-19/h1-2,4,7,14-15,17-18H,3,5-6,8-12H2. The number of fused-ring (bicyclic) bond motifs is 2. The Morgan fingerprint density at radius 3 is 2.63 bits per heavy atom. The highest BCUT2D eigenvalue weighted by Gasteiger charge is 2.39. The molecule has 1 aliphatic carbocycles. The second-order valence-electron chi connectivity index (χ2n) is 6.59. The molecule has 1 N–H and O–H groups in total. The van der Waals surface area contributed by atoms with Gasteiger partial charge in [0, 0.05) is 25.7 Å². The molecular formula is C17H24N2. The normalized spacial score (nSPS) is 34.8. The van der Waals surface area contributed by atoms with E-state index < -0.39 is 0 Å². The van der Waals surface area contributed by atoms with E-state index in [1.54, 1.807) is 5.56 Å². The molecule has 0 aromatic heterocycles. The van der Waals surface area contributed by atoms with Crippen molar-refractivity contribution in [2.45, 2.75) is 38.3 Å². The molecule has 2 heterocycles. The van der Waals surface area contributed by atoms with Crippen molar-refractivity contribution >= 4 is 0 Å². The molecule has 2 heteroatoms. The molecule has 4 rings (SSSR count). The summed E-state index contributed by atoms with van der Waals surface area (Å²) < 4.78 is 0. The molecule has 2 aliphatic heterocycles. The van der Waals surface area contributed by atoms with Crippen molar-refractivity contribution in [1.29, 1.82) is 0 Å². The molecule has 0 amide bonds. The van der Waals surface area contributed by atoms with E-state index in [1.807, 2.05) is 0 Å². The third-order valence-corrected chi connectivity index (χ3v) is 5.52. The van der Waals surface area contributed by atoms with Gasteiger partial charge < -0.3 is 5.32 Å². The van der Waals surface area contributed by atoms with Crippen molar-refractivity contribution in [3.8, 4) is 0 Å². The van der Waals surface area contributed by atoms with Crippen molar-refractivity contribution in [3.05, 3.63) is 35.4 Å². The maximum atomic E-state index is 3.58. The van der Waals surface area contributed by atoms with Gasteiger partial charge in [-0.25, -0.2) is 0 Å². The summed E-state index contributed by atoms with van der Waals surface area (Å²) in [6, 6.07) is 9.73. The number of likely N-dealkylation sites (tertiary alicyclic amines) is 1. The highest BCUT2D eigenvalue weighted by Crippen LogP contribution is 2.42. The first-order valence-corrected chi connectivity index (χ1v) is 7.94. The third kappa shape index (κ3) is 2.11. The van der Waals surface area contributed by atoms with Gasteiger partial charge in [0.15, 0.2) is 0 Å². The minimum atomic E-state index is 0.664. The van der Waals surface area contributed by atoms with E-state index in [0.717, 1.165) is 24.9 Å². The second-order valence-corrected chi connectivity index (χ2v) is 6.59. The van der Waals surface area contributed by atoms with Gasteiger partial charge in [-0.3, -0.25) is 4.90 Å². The minimum Gasteiger partial charge on any atom is -0.313 e. The smallest absolute Gasteiger partial charge is 0.0363 e. The first kappa shape index (κ1) is 11.9. The van der Waals surface area contributed by atoms with E-state index in [1.165, 1.54) is 44.3 Å². The molecule has 0 spiro atoms. The molecule has 3 unspecified atom stereocenters. The molecule has 2 nitrogen and oxygen atoms in total. The highest BCUT2D eigenvalue weighted by molar-refractivity contribution is 5.31.